The van der Waals surface area contributed by atoms with Crippen molar-refractivity contribution in [2.75, 3.05) is 14.2 Å². The summed E-state index contributed by atoms with van der Waals surface area (Å²) >= 11 is 0. The Morgan fingerprint density at radius 3 is 2.29 bits per heavy atom. The van der Waals surface area contributed by atoms with E-state index in [1.54, 1.807) is 20.3 Å². The summed E-state index contributed by atoms with van der Waals surface area (Å²) in [6.07, 6.45) is 3.83. The van der Waals surface area contributed by atoms with Crippen molar-refractivity contribution in [3.05, 3.63) is 52.9 Å². The summed E-state index contributed by atoms with van der Waals surface area (Å²) in [6.45, 7) is 4.16. The number of aromatic nitrogens is 1. The van der Waals surface area contributed by atoms with Gasteiger partial charge in [0.1, 0.15) is 11.8 Å². The highest BCUT2D eigenvalue weighted by molar-refractivity contribution is 5.29. The van der Waals surface area contributed by atoms with Gasteiger partial charge in [0.05, 0.1) is 14.2 Å². The molecule has 1 aromatic heterocycles. The first-order chi connectivity index (χ1) is 8.17. The Bertz CT molecular complexity index is 497. The molecule has 0 saturated carbocycles. The first kappa shape index (κ1) is 11.6. The van der Waals surface area contributed by atoms with E-state index in [-0.39, 0.29) is 6.04 Å². The monoisotopic (exact) mass is 231 g/mol. The van der Waals surface area contributed by atoms with E-state index < -0.39 is 0 Å². The maximum absolute atomic E-state index is 5.38. The number of nitrogens with zero attached hydrogens (tertiary/aromatic N) is 1. The number of rotatable bonds is 3. The maximum atomic E-state index is 5.38. The van der Waals surface area contributed by atoms with Gasteiger partial charge in [0.25, 0.3) is 0 Å². The van der Waals surface area contributed by atoms with Gasteiger partial charge in [-0.05, 0) is 32.1 Å². The van der Waals surface area contributed by atoms with Crippen LogP contribution in [0.25, 0.3) is 0 Å². The van der Waals surface area contributed by atoms with Crippen LogP contribution in [0.4, 0.5) is 0 Å². The minimum absolute atomic E-state index is 0.0231. The molecule has 0 radical (unpaired) electrons. The average molecular weight is 231 g/mol. The van der Waals surface area contributed by atoms with Gasteiger partial charge < -0.3 is 14.0 Å². The van der Waals surface area contributed by atoms with Gasteiger partial charge in [-0.15, -0.1) is 0 Å². The molecule has 1 aliphatic rings. The second-order valence-corrected chi connectivity index (χ2v) is 4.06. The third kappa shape index (κ3) is 2.02. The number of ether oxygens (including phenoxy) is 2. The van der Waals surface area contributed by atoms with Crippen molar-refractivity contribution in [2.45, 2.75) is 19.9 Å². The lowest BCUT2D eigenvalue weighted by molar-refractivity contribution is 0.246. The number of hydrogen-bond donors (Lipinski definition) is 0. The highest BCUT2D eigenvalue weighted by Gasteiger charge is 2.20. The number of allylic oxidation sites excluding steroid dienone is 1. The zero-order valence-corrected chi connectivity index (χ0v) is 10.7. The molecule has 3 heteroatoms. The van der Waals surface area contributed by atoms with Gasteiger partial charge in [0, 0.05) is 17.5 Å². The number of hydrogen-bond acceptors (Lipinski definition) is 2. The van der Waals surface area contributed by atoms with Gasteiger partial charge in [0.2, 0.25) is 0 Å². The molecule has 0 saturated heterocycles. The molecule has 2 rings (SSSR count). The van der Waals surface area contributed by atoms with Crippen molar-refractivity contribution in [3.63, 3.8) is 0 Å². The molecule has 0 aliphatic heterocycles. The van der Waals surface area contributed by atoms with E-state index >= 15 is 0 Å². The predicted octanol–water partition coefficient (Wildman–Crippen LogP) is 2.88. The zero-order chi connectivity index (χ0) is 12.4. The van der Waals surface area contributed by atoms with Crippen LogP contribution in [-0.4, -0.2) is 18.8 Å². The molecule has 3 nitrogen and oxygen atoms in total. The van der Waals surface area contributed by atoms with Gasteiger partial charge in [-0.25, -0.2) is 0 Å². The lowest BCUT2D eigenvalue weighted by Crippen LogP contribution is -2.15. The topological polar surface area (TPSA) is 23.4 Å². The molecule has 90 valence electrons. The molecular weight excluding hydrogens is 214 g/mol. The van der Waals surface area contributed by atoms with E-state index in [9.17, 15) is 0 Å². The smallest absolute Gasteiger partial charge is 0.165 e. The van der Waals surface area contributed by atoms with Crippen molar-refractivity contribution < 1.29 is 9.47 Å². The SMILES string of the molecule is COC1=C=CC(OC)=CC1n1c(C)ccc1C. The molecule has 1 atom stereocenters. The minimum Gasteiger partial charge on any atom is -0.496 e. The van der Waals surface area contributed by atoms with E-state index in [1.807, 2.05) is 6.08 Å². The fraction of sp³-hybridized carbons (Fsp3) is 0.357. The van der Waals surface area contributed by atoms with Crippen LogP contribution in [0.2, 0.25) is 0 Å². The summed E-state index contributed by atoms with van der Waals surface area (Å²) in [5, 5.41) is 0. The molecular formula is C14H17NO2. The maximum Gasteiger partial charge on any atom is 0.165 e. The number of aryl methyl sites for hydroxylation is 2. The molecule has 0 aromatic carbocycles. The van der Waals surface area contributed by atoms with E-state index in [1.165, 1.54) is 11.4 Å². The lowest BCUT2D eigenvalue weighted by atomic mass is 10.1. The van der Waals surface area contributed by atoms with E-state index in [4.69, 9.17) is 9.47 Å². The van der Waals surface area contributed by atoms with Gasteiger partial charge in [-0.1, -0.05) is 5.73 Å². The molecule has 1 unspecified atom stereocenters. The summed E-state index contributed by atoms with van der Waals surface area (Å²) in [4.78, 5) is 0. The highest BCUT2D eigenvalue weighted by Crippen LogP contribution is 2.28. The average Bonchev–Trinajstić information content (AvgIpc) is 2.68. The normalized spacial score (nSPS) is 18.7. The molecule has 0 amide bonds. The standard InChI is InChI=1S/C14H17NO2/c1-10-5-6-11(2)15(10)13-9-12(16-3)7-8-14(13)17-4/h5-7,9,13H,1-4H3. The van der Waals surface area contributed by atoms with Crippen LogP contribution in [0.3, 0.4) is 0 Å². The van der Waals surface area contributed by atoms with Crippen molar-refractivity contribution >= 4 is 0 Å². The van der Waals surface area contributed by atoms with Crippen molar-refractivity contribution in [3.8, 4) is 0 Å². The zero-order valence-electron chi connectivity index (χ0n) is 10.7. The molecule has 17 heavy (non-hydrogen) atoms. The third-order valence-electron chi connectivity index (χ3n) is 3.01. The molecule has 1 aliphatic carbocycles. The predicted molar refractivity (Wildman–Crippen MR) is 66.6 cm³/mol. The van der Waals surface area contributed by atoms with Gasteiger partial charge in [0.15, 0.2) is 5.76 Å². The van der Waals surface area contributed by atoms with E-state index in [0.717, 1.165) is 11.5 Å². The first-order valence-electron chi connectivity index (χ1n) is 5.58. The fourth-order valence-corrected chi connectivity index (χ4v) is 2.12. The molecule has 0 fully saturated rings. The molecule has 1 aromatic rings. The van der Waals surface area contributed by atoms with Crippen LogP contribution < -0.4 is 0 Å². The van der Waals surface area contributed by atoms with Crippen molar-refractivity contribution in [1.29, 1.82) is 0 Å². The Hall–Kier alpha value is -1.86. The lowest BCUT2D eigenvalue weighted by Gasteiger charge is -2.22. The first-order valence-corrected chi connectivity index (χ1v) is 5.58. The Labute approximate surface area is 102 Å². The molecule has 0 bridgehead atoms. The highest BCUT2D eigenvalue weighted by atomic mass is 16.5. The van der Waals surface area contributed by atoms with Crippen LogP contribution in [0.1, 0.15) is 17.4 Å². The van der Waals surface area contributed by atoms with Crippen molar-refractivity contribution in [1.82, 2.24) is 4.57 Å². The fourth-order valence-electron chi connectivity index (χ4n) is 2.12. The Kier molecular flexibility index (Phi) is 3.12. The summed E-state index contributed by atoms with van der Waals surface area (Å²) in [5.41, 5.74) is 5.50. The van der Waals surface area contributed by atoms with E-state index in [2.05, 4.69) is 36.3 Å². The Balaban J connectivity index is 2.51. The Morgan fingerprint density at radius 1 is 1.12 bits per heavy atom. The van der Waals surface area contributed by atoms with Crippen LogP contribution >= 0.6 is 0 Å². The van der Waals surface area contributed by atoms with Crippen LogP contribution in [0.5, 0.6) is 0 Å². The molecule has 1 heterocycles. The van der Waals surface area contributed by atoms with Crippen LogP contribution in [-0.2, 0) is 9.47 Å². The van der Waals surface area contributed by atoms with Crippen molar-refractivity contribution in [2.24, 2.45) is 0 Å². The van der Waals surface area contributed by atoms with E-state index in [0.29, 0.717) is 0 Å². The summed E-state index contributed by atoms with van der Waals surface area (Å²) < 4.78 is 12.8. The second-order valence-electron chi connectivity index (χ2n) is 4.06. The minimum atomic E-state index is 0.0231. The largest absolute Gasteiger partial charge is 0.496 e. The van der Waals surface area contributed by atoms with Crippen LogP contribution in [0, 0.1) is 13.8 Å². The summed E-state index contributed by atoms with van der Waals surface area (Å²) in [6, 6.07) is 4.22. The second kappa shape index (κ2) is 4.56. The quantitative estimate of drug-likeness (QED) is 0.747. The summed E-state index contributed by atoms with van der Waals surface area (Å²) in [5.74, 6) is 1.61. The summed E-state index contributed by atoms with van der Waals surface area (Å²) in [7, 11) is 3.33. The molecule has 0 spiro atoms. The van der Waals surface area contributed by atoms with Gasteiger partial charge in [-0.2, -0.15) is 0 Å². The molecule has 0 N–H and O–H groups in total. The van der Waals surface area contributed by atoms with Crippen LogP contribution in [0.15, 0.2) is 41.5 Å². The van der Waals surface area contributed by atoms with Gasteiger partial charge >= 0.3 is 0 Å². The van der Waals surface area contributed by atoms with Gasteiger partial charge in [-0.3, -0.25) is 0 Å². The third-order valence-corrected chi connectivity index (χ3v) is 3.01. The number of methoxy groups -OCH3 is 2. The Morgan fingerprint density at radius 2 is 1.76 bits per heavy atom.